The highest BCUT2D eigenvalue weighted by atomic mass is 32.1. The van der Waals surface area contributed by atoms with E-state index in [1.807, 2.05) is 29.6 Å². The van der Waals surface area contributed by atoms with Crippen LogP contribution in [0.15, 0.2) is 29.6 Å². The molecule has 0 aliphatic rings. The van der Waals surface area contributed by atoms with Crippen molar-refractivity contribution in [1.29, 1.82) is 0 Å². The first-order valence-corrected chi connectivity index (χ1v) is 7.08. The van der Waals surface area contributed by atoms with Gasteiger partial charge in [-0.15, -0.1) is 22.7 Å². The molecule has 2 heterocycles. The van der Waals surface area contributed by atoms with Crippen molar-refractivity contribution in [2.75, 3.05) is 6.54 Å². The van der Waals surface area contributed by atoms with Gasteiger partial charge in [0.05, 0.1) is 22.8 Å². The molecule has 0 fully saturated rings. The lowest BCUT2D eigenvalue weighted by Crippen LogP contribution is -2.21. The third kappa shape index (κ3) is 3.44. The van der Waals surface area contributed by atoms with Crippen molar-refractivity contribution in [1.82, 2.24) is 5.32 Å². The summed E-state index contributed by atoms with van der Waals surface area (Å²) in [5, 5.41) is 4.77. The fourth-order valence-corrected chi connectivity index (χ4v) is 2.80. The molecule has 0 bridgehead atoms. The Balaban J connectivity index is 1.90. The molecule has 0 atom stereocenters. The van der Waals surface area contributed by atoms with E-state index in [1.165, 1.54) is 11.3 Å². The van der Waals surface area contributed by atoms with Gasteiger partial charge in [-0.25, -0.2) is 0 Å². The van der Waals surface area contributed by atoms with E-state index in [-0.39, 0.29) is 5.91 Å². The number of hydrogen-bond acceptors (Lipinski definition) is 4. The number of amides is 1. The Hall–Kier alpha value is -1.61. The summed E-state index contributed by atoms with van der Waals surface area (Å²) in [6.45, 7) is 0.897. The molecule has 0 aliphatic carbocycles. The largest absolute Gasteiger partial charge is 0.346 e. The van der Waals surface area contributed by atoms with E-state index < -0.39 is 0 Å². The van der Waals surface area contributed by atoms with Gasteiger partial charge in [-0.3, -0.25) is 4.79 Å². The zero-order valence-corrected chi connectivity index (χ0v) is 11.2. The number of nitrogens with two attached hydrogens (primary N) is 1. The molecule has 0 aromatic carbocycles. The van der Waals surface area contributed by atoms with E-state index in [9.17, 15) is 4.79 Å². The van der Waals surface area contributed by atoms with Gasteiger partial charge in [-0.2, -0.15) is 0 Å². The van der Waals surface area contributed by atoms with Crippen LogP contribution in [-0.2, 0) is 6.54 Å². The lowest BCUT2D eigenvalue weighted by atomic mass is 10.4. The summed E-state index contributed by atoms with van der Waals surface area (Å²) in [5.74, 6) is 5.75. The molecule has 0 saturated heterocycles. The third-order valence-electron chi connectivity index (χ3n) is 2.14. The van der Waals surface area contributed by atoms with Gasteiger partial charge in [0.1, 0.15) is 0 Å². The molecule has 0 spiro atoms. The van der Waals surface area contributed by atoms with Crippen LogP contribution in [0.5, 0.6) is 0 Å². The Morgan fingerprint density at radius 3 is 3.00 bits per heavy atom. The van der Waals surface area contributed by atoms with Gasteiger partial charge in [-0.05, 0) is 23.6 Å². The summed E-state index contributed by atoms with van der Waals surface area (Å²) < 4.78 is 0. The molecule has 5 heteroatoms. The van der Waals surface area contributed by atoms with Gasteiger partial charge in [0, 0.05) is 4.88 Å². The van der Waals surface area contributed by atoms with Crippen molar-refractivity contribution in [3.05, 3.63) is 44.3 Å². The van der Waals surface area contributed by atoms with Crippen LogP contribution < -0.4 is 11.1 Å². The lowest BCUT2D eigenvalue weighted by Gasteiger charge is -2.00. The smallest absolute Gasteiger partial charge is 0.261 e. The maximum Gasteiger partial charge on any atom is 0.261 e. The molecule has 3 nitrogen and oxygen atoms in total. The molecule has 18 heavy (non-hydrogen) atoms. The summed E-state index contributed by atoms with van der Waals surface area (Å²) in [7, 11) is 0. The molecule has 92 valence electrons. The fourth-order valence-electron chi connectivity index (χ4n) is 1.34. The average molecular weight is 276 g/mol. The number of carbonyl (C=O) groups is 1. The van der Waals surface area contributed by atoms with Gasteiger partial charge in [0.25, 0.3) is 5.91 Å². The maximum atomic E-state index is 11.7. The number of carbonyl (C=O) groups excluding carboxylic acids is 1. The molecule has 0 aliphatic heterocycles. The van der Waals surface area contributed by atoms with Gasteiger partial charge >= 0.3 is 0 Å². The molecule has 1 amide bonds. The minimum atomic E-state index is -0.0343. The zero-order chi connectivity index (χ0) is 12.8. The molecule has 2 rings (SSSR count). The maximum absolute atomic E-state index is 11.7. The number of hydrogen-bond donors (Lipinski definition) is 2. The SMILES string of the molecule is NCC#Cc1ccc(CNC(=O)c2cccs2)s1. The Morgan fingerprint density at radius 1 is 1.39 bits per heavy atom. The van der Waals surface area contributed by atoms with Crippen molar-refractivity contribution in [3.8, 4) is 11.8 Å². The second-order valence-corrected chi connectivity index (χ2v) is 5.55. The van der Waals surface area contributed by atoms with Crippen LogP contribution in [0, 0.1) is 11.8 Å². The van der Waals surface area contributed by atoms with Crippen molar-refractivity contribution < 1.29 is 4.79 Å². The van der Waals surface area contributed by atoms with Gasteiger partial charge in [0.15, 0.2) is 0 Å². The highest BCUT2D eigenvalue weighted by molar-refractivity contribution is 7.12. The Morgan fingerprint density at radius 2 is 2.28 bits per heavy atom. The summed E-state index contributed by atoms with van der Waals surface area (Å²) >= 11 is 3.01. The van der Waals surface area contributed by atoms with Crippen molar-refractivity contribution in [2.45, 2.75) is 6.54 Å². The lowest BCUT2D eigenvalue weighted by molar-refractivity contribution is 0.0955. The molecule has 0 saturated carbocycles. The highest BCUT2D eigenvalue weighted by Crippen LogP contribution is 2.15. The first kappa shape index (κ1) is 12.8. The summed E-state index contributed by atoms with van der Waals surface area (Å²) in [4.78, 5) is 14.5. The molecular weight excluding hydrogens is 264 g/mol. The zero-order valence-electron chi connectivity index (χ0n) is 9.60. The second kappa shape index (κ2) is 6.36. The van der Waals surface area contributed by atoms with E-state index in [4.69, 9.17) is 5.73 Å². The number of nitrogens with one attached hydrogen (secondary N) is 1. The number of rotatable bonds is 3. The van der Waals surface area contributed by atoms with Crippen LogP contribution in [-0.4, -0.2) is 12.5 Å². The third-order valence-corrected chi connectivity index (χ3v) is 4.01. The van der Waals surface area contributed by atoms with E-state index in [0.717, 1.165) is 14.6 Å². The Bertz CT molecular complexity index is 576. The van der Waals surface area contributed by atoms with E-state index >= 15 is 0 Å². The average Bonchev–Trinajstić information content (AvgIpc) is 3.04. The van der Waals surface area contributed by atoms with Crippen LogP contribution in [0.2, 0.25) is 0 Å². The predicted molar refractivity (Wildman–Crippen MR) is 75.7 cm³/mol. The summed E-state index contributed by atoms with van der Waals surface area (Å²) in [6, 6.07) is 7.59. The quantitative estimate of drug-likeness (QED) is 0.843. The first-order chi connectivity index (χ1) is 8.79. The van der Waals surface area contributed by atoms with E-state index in [2.05, 4.69) is 17.2 Å². The van der Waals surface area contributed by atoms with E-state index in [0.29, 0.717) is 13.1 Å². The molecule has 2 aromatic rings. The van der Waals surface area contributed by atoms with Gasteiger partial charge in [-0.1, -0.05) is 17.9 Å². The van der Waals surface area contributed by atoms with Crippen LogP contribution >= 0.6 is 22.7 Å². The summed E-state index contributed by atoms with van der Waals surface area (Å²) in [6.07, 6.45) is 0. The van der Waals surface area contributed by atoms with Crippen LogP contribution in [0.1, 0.15) is 19.4 Å². The van der Waals surface area contributed by atoms with Crippen molar-refractivity contribution in [2.24, 2.45) is 5.73 Å². The molecular formula is C13H12N2OS2. The van der Waals surface area contributed by atoms with Gasteiger partial charge in [0.2, 0.25) is 0 Å². The minimum absolute atomic E-state index is 0.0343. The predicted octanol–water partition coefficient (Wildman–Crippen LogP) is 2.05. The minimum Gasteiger partial charge on any atom is -0.346 e. The van der Waals surface area contributed by atoms with Crippen LogP contribution in [0.25, 0.3) is 0 Å². The summed E-state index contributed by atoms with van der Waals surface area (Å²) in [5.41, 5.74) is 5.31. The van der Waals surface area contributed by atoms with Crippen LogP contribution in [0.4, 0.5) is 0 Å². The van der Waals surface area contributed by atoms with E-state index in [1.54, 1.807) is 11.3 Å². The van der Waals surface area contributed by atoms with Crippen molar-refractivity contribution >= 4 is 28.6 Å². The molecule has 0 radical (unpaired) electrons. The molecule has 0 unspecified atom stereocenters. The first-order valence-electron chi connectivity index (χ1n) is 5.39. The fraction of sp³-hybridized carbons (Fsp3) is 0.154. The van der Waals surface area contributed by atoms with Crippen LogP contribution in [0.3, 0.4) is 0 Å². The number of thiophene rings is 2. The monoisotopic (exact) mass is 276 g/mol. The molecule has 2 aromatic heterocycles. The molecule has 3 N–H and O–H groups in total. The standard InChI is InChI=1S/C13H12N2OS2/c14-7-1-3-10-5-6-11(18-10)9-15-13(16)12-4-2-8-17-12/h2,4-6,8H,7,9,14H2,(H,15,16). The highest BCUT2D eigenvalue weighted by Gasteiger charge is 2.06. The second-order valence-electron chi connectivity index (χ2n) is 3.43. The normalized spacial score (nSPS) is 9.61. The Kier molecular flexibility index (Phi) is 4.53. The topological polar surface area (TPSA) is 55.1 Å². The van der Waals surface area contributed by atoms with Gasteiger partial charge < -0.3 is 11.1 Å². The van der Waals surface area contributed by atoms with Crippen molar-refractivity contribution in [3.63, 3.8) is 0 Å². The Labute approximate surface area is 114 Å².